The number of thiazole rings is 1. The summed E-state index contributed by atoms with van der Waals surface area (Å²) in [5, 5.41) is 1.14. The molecule has 0 radical (unpaired) electrons. The van der Waals surface area contributed by atoms with Crippen LogP contribution in [0.1, 0.15) is 53.7 Å². The van der Waals surface area contributed by atoms with Gasteiger partial charge in [-0.05, 0) is 73.9 Å². The summed E-state index contributed by atoms with van der Waals surface area (Å²) in [4.78, 5) is 24.7. The largest absolute Gasteiger partial charge is 0.278 e. The molecule has 1 amide bonds. The fraction of sp³-hybridized carbons (Fsp3) is 0.321. The fourth-order valence-corrected chi connectivity index (χ4v) is 7.41. The summed E-state index contributed by atoms with van der Waals surface area (Å²) in [6.07, 6.45) is 6.67. The minimum atomic E-state index is -3.65. The molecule has 5 rings (SSSR count). The summed E-state index contributed by atoms with van der Waals surface area (Å²) >= 11 is 7.71. The Bertz CT molecular complexity index is 1550. The number of sulfonamides is 1. The molecule has 0 aliphatic heterocycles. The lowest BCUT2D eigenvalue weighted by molar-refractivity contribution is 0.0984. The van der Waals surface area contributed by atoms with Gasteiger partial charge in [0.15, 0.2) is 5.13 Å². The quantitative estimate of drug-likeness (QED) is 0.256. The third-order valence-corrected chi connectivity index (χ3v) is 10.5. The normalized spacial score (nSPS) is 14.7. The van der Waals surface area contributed by atoms with Crippen molar-refractivity contribution < 1.29 is 13.2 Å². The molecule has 0 spiro atoms. The molecule has 10 heteroatoms. The van der Waals surface area contributed by atoms with Crippen LogP contribution in [-0.2, 0) is 16.6 Å². The number of carbonyl (C=O) groups excluding carboxylic acids is 1. The van der Waals surface area contributed by atoms with Gasteiger partial charge in [-0.3, -0.25) is 14.7 Å². The van der Waals surface area contributed by atoms with E-state index in [2.05, 4.69) is 4.98 Å². The number of anilines is 1. The van der Waals surface area contributed by atoms with Crippen LogP contribution in [0.25, 0.3) is 10.2 Å². The number of pyridine rings is 1. The molecule has 1 aliphatic rings. The first-order valence-corrected chi connectivity index (χ1v) is 15.2. The molecular formula is C28H29ClN4O3S2. The summed E-state index contributed by atoms with van der Waals surface area (Å²) in [5.41, 5.74) is 2.69. The lowest BCUT2D eigenvalue weighted by atomic mass is 9.96. The first-order valence-electron chi connectivity index (χ1n) is 12.6. The van der Waals surface area contributed by atoms with Crippen LogP contribution in [-0.4, -0.2) is 41.7 Å². The Morgan fingerprint density at radius 1 is 1.05 bits per heavy atom. The number of fused-ring (bicyclic) bond motifs is 1. The van der Waals surface area contributed by atoms with Crippen molar-refractivity contribution in [3.63, 3.8) is 0 Å². The number of hydrogen-bond acceptors (Lipinski definition) is 6. The highest BCUT2D eigenvalue weighted by molar-refractivity contribution is 7.89. The lowest BCUT2D eigenvalue weighted by Gasteiger charge is -2.30. The van der Waals surface area contributed by atoms with Crippen LogP contribution in [0, 0.1) is 6.92 Å². The molecule has 0 bridgehead atoms. The van der Waals surface area contributed by atoms with Gasteiger partial charge < -0.3 is 0 Å². The molecule has 198 valence electrons. The number of nitrogens with zero attached hydrogens (tertiary/aromatic N) is 4. The second kappa shape index (κ2) is 11.1. The first-order chi connectivity index (χ1) is 18.3. The number of rotatable bonds is 7. The van der Waals surface area contributed by atoms with E-state index in [0.29, 0.717) is 21.4 Å². The molecule has 2 aromatic heterocycles. The highest BCUT2D eigenvalue weighted by atomic mass is 35.5. The number of hydrogen-bond donors (Lipinski definition) is 0. The van der Waals surface area contributed by atoms with Gasteiger partial charge in [0.05, 0.1) is 27.4 Å². The van der Waals surface area contributed by atoms with Crippen LogP contribution in [0.2, 0.25) is 5.02 Å². The Labute approximate surface area is 232 Å². The number of carbonyl (C=O) groups is 1. The highest BCUT2D eigenvalue weighted by Crippen LogP contribution is 2.35. The summed E-state index contributed by atoms with van der Waals surface area (Å²) in [6.45, 7) is 2.12. The minimum Gasteiger partial charge on any atom is -0.278 e. The van der Waals surface area contributed by atoms with Gasteiger partial charge in [0.25, 0.3) is 5.91 Å². The van der Waals surface area contributed by atoms with Crippen molar-refractivity contribution in [1.82, 2.24) is 14.3 Å². The molecule has 7 nitrogen and oxygen atoms in total. The standard InChI is InChI=1S/C28H29ClN4O3S2/c1-19-24(29)15-16-25-26(19)31-28(37-25)33(18-21-8-6-7-17-30-21)27(34)20-11-13-23(14-12-20)38(35,36)32(2)22-9-4-3-5-10-22/h6-8,11-17,22H,3-5,9-10,18H2,1-2H3. The van der Waals surface area contributed by atoms with Crippen molar-refractivity contribution >= 4 is 54.2 Å². The second-order valence-corrected chi connectivity index (χ2v) is 13.0. The van der Waals surface area contributed by atoms with Crippen molar-refractivity contribution in [3.05, 3.63) is 82.6 Å². The van der Waals surface area contributed by atoms with Crippen LogP contribution in [0.4, 0.5) is 5.13 Å². The smallest absolute Gasteiger partial charge is 0.260 e. The fourth-order valence-electron chi connectivity index (χ4n) is 4.82. The van der Waals surface area contributed by atoms with Gasteiger partial charge >= 0.3 is 0 Å². The molecule has 2 heterocycles. The Morgan fingerprint density at radius 2 is 1.79 bits per heavy atom. The lowest BCUT2D eigenvalue weighted by Crippen LogP contribution is -2.38. The number of aromatic nitrogens is 2. The number of benzene rings is 2. The molecule has 0 atom stereocenters. The zero-order chi connectivity index (χ0) is 26.9. The summed E-state index contributed by atoms with van der Waals surface area (Å²) in [7, 11) is -2.00. The molecule has 0 N–H and O–H groups in total. The molecule has 0 saturated heterocycles. The van der Waals surface area contributed by atoms with Gasteiger partial charge in [0.2, 0.25) is 10.0 Å². The van der Waals surface area contributed by atoms with E-state index in [1.807, 2.05) is 37.3 Å². The van der Waals surface area contributed by atoms with Crippen LogP contribution < -0.4 is 4.90 Å². The summed E-state index contributed by atoms with van der Waals surface area (Å²) in [5.74, 6) is -0.289. The van der Waals surface area contributed by atoms with E-state index in [1.165, 1.54) is 27.8 Å². The monoisotopic (exact) mass is 568 g/mol. The summed E-state index contributed by atoms with van der Waals surface area (Å²) in [6, 6.07) is 15.5. The zero-order valence-corrected chi connectivity index (χ0v) is 23.7. The second-order valence-electron chi connectivity index (χ2n) is 9.57. The van der Waals surface area contributed by atoms with E-state index >= 15 is 0 Å². The molecule has 2 aromatic carbocycles. The van der Waals surface area contributed by atoms with Crippen LogP contribution in [0.5, 0.6) is 0 Å². The van der Waals surface area contributed by atoms with Gasteiger partial charge in [0, 0.05) is 29.9 Å². The van der Waals surface area contributed by atoms with Crippen molar-refractivity contribution in [2.45, 2.75) is 56.5 Å². The van der Waals surface area contributed by atoms with Crippen LogP contribution in [0.3, 0.4) is 0 Å². The third kappa shape index (κ3) is 5.33. The molecule has 1 fully saturated rings. The third-order valence-electron chi connectivity index (χ3n) is 7.13. The number of halogens is 1. The molecule has 0 unspecified atom stereocenters. The predicted octanol–water partition coefficient (Wildman–Crippen LogP) is 6.45. The van der Waals surface area contributed by atoms with E-state index in [1.54, 1.807) is 30.3 Å². The summed E-state index contributed by atoms with van der Waals surface area (Å²) < 4.78 is 29.0. The topological polar surface area (TPSA) is 83.5 Å². The Hall–Kier alpha value is -2.85. The maximum atomic E-state index is 13.8. The molecule has 38 heavy (non-hydrogen) atoms. The van der Waals surface area contributed by atoms with E-state index in [9.17, 15) is 13.2 Å². The van der Waals surface area contributed by atoms with Gasteiger partial charge in [-0.15, -0.1) is 0 Å². The van der Waals surface area contributed by atoms with Crippen LogP contribution >= 0.6 is 22.9 Å². The Morgan fingerprint density at radius 3 is 2.47 bits per heavy atom. The molecular weight excluding hydrogens is 540 g/mol. The van der Waals surface area contributed by atoms with Crippen molar-refractivity contribution in [3.8, 4) is 0 Å². The molecule has 1 aliphatic carbocycles. The molecule has 4 aromatic rings. The van der Waals surface area contributed by atoms with Crippen molar-refractivity contribution in [2.24, 2.45) is 0 Å². The van der Waals surface area contributed by atoms with E-state index in [-0.39, 0.29) is 23.4 Å². The number of aryl methyl sites for hydroxylation is 1. The average molecular weight is 569 g/mol. The Kier molecular flexibility index (Phi) is 7.81. The minimum absolute atomic E-state index is 0.0138. The van der Waals surface area contributed by atoms with Crippen LogP contribution in [0.15, 0.2) is 65.7 Å². The van der Waals surface area contributed by atoms with E-state index in [4.69, 9.17) is 16.6 Å². The predicted molar refractivity (Wildman–Crippen MR) is 152 cm³/mol. The highest BCUT2D eigenvalue weighted by Gasteiger charge is 2.30. The average Bonchev–Trinajstić information content (AvgIpc) is 3.39. The van der Waals surface area contributed by atoms with E-state index in [0.717, 1.165) is 47.9 Å². The van der Waals surface area contributed by atoms with Gasteiger partial charge in [0.1, 0.15) is 0 Å². The van der Waals surface area contributed by atoms with Gasteiger partial charge in [-0.25, -0.2) is 13.4 Å². The zero-order valence-electron chi connectivity index (χ0n) is 21.3. The van der Waals surface area contributed by atoms with Crippen molar-refractivity contribution in [1.29, 1.82) is 0 Å². The van der Waals surface area contributed by atoms with Gasteiger partial charge in [-0.1, -0.05) is 48.3 Å². The van der Waals surface area contributed by atoms with Gasteiger partial charge in [-0.2, -0.15) is 4.31 Å². The maximum absolute atomic E-state index is 13.8. The first kappa shape index (κ1) is 26.7. The number of amides is 1. The molecule has 1 saturated carbocycles. The van der Waals surface area contributed by atoms with Crippen molar-refractivity contribution in [2.75, 3.05) is 11.9 Å². The maximum Gasteiger partial charge on any atom is 0.260 e. The SMILES string of the molecule is Cc1c(Cl)ccc2sc(N(Cc3ccccn3)C(=O)c3ccc(S(=O)(=O)N(C)C4CCCCC4)cc3)nc12. The Balaban J connectivity index is 1.46. The van der Waals surface area contributed by atoms with E-state index < -0.39 is 10.0 Å².